The van der Waals surface area contributed by atoms with Crippen LogP contribution in [0.1, 0.15) is 11.3 Å². The lowest BCUT2D eigenvalue weighted by molar-refractivity contribution is 0.184. The number of alkyl halides is 1. The first-order valence-corrected chi connectivity index (χ1v) is 9.09. The van der Waals surface area contributed by atoms with E-state index in [1.165, 1.54) is 0 Å². The van der Waals surface area contributed by atoms with Gasteiger partial charge in [-0.15, -0.1) is 11.6 Å². The molecular formula is C18H14Cl4N2O. The van der Waals surface area contributed by atoms with Crippen molar-refractivity contribution in [1.82, 2.24) is 9.78 Å². The predicted octanol–water partition coefficient (Wildman–Crippen LogP) is 6.38. The molecule has 1 aromatic heterocycles. The molecule has 130 valence electrons. The van der Waals surface area contributed by atoms with E-state index in [4.69, 9.17) is 51.1 Å². The highest BCUT2D eigenvalue weighted by Crippen LogP contribution is 2.34. The van der Waals surface area contributed by atoms with E-state index in [9.17, 15) is 0 Å². The number of nitrogens with zero attached hydrogens (tertiary/aromatic N) is 2. The fourth-order valence-corrected chi connectivity index (χ4v) is 3.46. The van der Waals surface area contributed by atoms with Crippen molar-refractivity contribution >= 4 is 46.4 Å². The third-order valence-corrected chi connectivity index (χ3v) is 4.78. The third-order valence-electron chi connectivity index (χ3n) is 3.74. The van der Waals surface area contributed by atoms with Crippen molar-refractivity contribution in [3.63, 3.8) is 0 Å². The van der Waals surface area contributed by atoms with E-state index < -0.39 is 0 Å². The Labute approximate surface area is 166 Å². The van der Waals surface area contributed by atoms with Gasteiger partial charge in [0.25, 0.3) is 0 Å². The van der Waals surface area contributed by atoms with Gasteiger partial charge in [0.15, 0.2) is 0 Å². The molecule has 7 heteroatoms. The number of hydrogen-bond donors (Lipinski definition) is 0. The Hall–Kier alpha value is -1.23. The summed E-state index contributed by atoms with van der Waals surface area (Å²) in [4.78, 5) is 0. The lowest BCUT2D eigenvalue weighted by atomic mass is 10.1. The molecule has 0 aliphatic rings. The summed E-state index contributed by atoms with van der Waals surface area (Å²) in [6.45, 7) is 0.380. The smallest absolute Gasteiger partial charge is 0.0840 e. The summed E-state index contributed by atoms with van der Waals surface area (Å²) in [6, 6.07) is 12.8. The van der Waals surface area contributed by atoms with Crippen LogP contribution in [0.2, 0.25) is 15.1 Å². The van der Waals surface area contributed by atoms with E-state index >= 15 is 0 Å². The highest BCUT2D eigenvalue weighted by atomic mass is 35.5. The van der Waals surface area contributed by atoms with E-state index in [0.29, 0.717) is 27.4 Å². The normalized spacial score (nSPS) is 11.1. The molecule has 0 spiro atoms. The van der Waals surface area contributed by atoms with E-state index in [1.807, 2.05) is 30.3 Å². The zero-order chi connectivity index (χ0) is 18.0. The maximum absolute atomic E-state index is 6.40. The van der Waals surface area contributed by atoms with Gasteiger partial charge < -0.3 is 4.74 Å². The van der Waals surface area contributed by atoms with Gasteiger partial charge in [0.05, 0.1) is 34.6 Å². The molecule has 0 N–H and O–H groups in total. The van der Waals surface area contributed by atoms with Crippen LogP contribution >= 0.6 is 46.4 Å². The van der Waals surface area contributed by atoms with Gasteiger partial charge in [-0.3, -0.25) is 0 Å². The summed E-state index contributed by atoms with van der Waals surface area (Å²) in [5, 5.41) is 6.36. The van der Waals surface area contributed by atoms with Crippen molar-refractivity contribution in [2.45, 2.75) is 12.5 Å². The Balaban J connectivity index is 2.28. The lowest BCUT2D eigenvalue weighted by Gasteiger charge is -2.12. The van der Waals surface area contributed by atoms with Crippen LogP contribution in [0, 0.1) is 0 Å². The summed E-state index contributed by atoms with van der Waals surface area (Å²) >= 11 is 24.6. The molecule has 2 aromatic carbocycles. The van der Waals surface area contributed by atoms with Crippen LogP contribution in [0.15, 0.2) is 42.5 Å². The van der Waals surface area contributed by atoms with Crippen LogP contribution in [0.3, 0.4) is 0 Å². The molecule has 0 amide bonds. The average molecular weight is 416 g/mol. The lowest BCUT2D eigenvalue weighted by Crippen LogP contribution is -2.01. The largest absolute Gasteiger partial charge is 0.380 e. The van der Waals surface area contributed by atoms with Crippen molar-refractivity contribution in [3.05, 3.63) is 68.8 Å². The third kappa shape index (κ3) is 3.81. The molecular weight excluding hydrogens is 402 g/mol. The molecule has 0 fully saturated rings. The summed E-state index contributed by atoms with van der Waals surface area (Å²) in [6.07, 6.45) is 0. The Kier molecular flexibility index (Phi) is 5.92. The first-order valence-electron chi connectivity index (χ1n) is 7.42. The second-order valence-electron chi connectivity index (χ2n) is 5.35. The summed E-state index contributed by atoms with van der Waals surface area (Å²) < 4.78 is 7.13. The Bertz CT molecular complexity index is 891. The number of hydrogen-bond acceptors (Lipinski definition) is 2. The molecule has 3 aromatic rings. The van der Waals surface area contributed by atoms with Crippen LogP contribution < -0.4 is 0 Å². The van der Waals surface area contributed by atoms with Crippen molar-refractivity contribution in [1.29, 1.82) is 0 Å². The number of aromatic nitrogens is 2. The maximum atomic E-state index is 6.40. The minimum absolute atomic E-state index is 0.261. The number of ether oxygens (including phenoxy) is 1. The van der Waals surface area contributed by atoms with Crippen molar-refractivity contribution in [2.75, 3.05) is 7.11 Å². The predicted molar refractivity (Wildman–Crippen MR) is 104 cm³/mol. The van der Waals surface area contributed by atoms with E-state index in [0.717, 1.165) is 22.5 Å². The zero-order valence-electron chi connectivity index (χ0n) is 13.3. The Morgan fingerprint density at radius 1 is 1.00 bits per heavy atom. The monoisotopic (exact) mass is 414 g/mol. The van der Waals surface area contributed by atoms with Crippen molar-refractivity contribution in [3.8, 4) is 16.9 Å². The SMILES string of the molecule is COCc1c(CCl)nn(-c2ccc(Cl)cc2Cl)c1-c1ccc(Cl)cc1. The second kappa shape index (κ2) is 7.98. The van der Waals surface area contributed by atoms with Crippen LogP contribution in [0.4, 0.5) is 0 Å². The molecule has 0 unspecified atom stereocenters. The highest BCUT2D eigenvalue weighted by molar-refractivity contribution is 6.35. The van der Waals surface area contributed by atoms with Crippen LogP contribution in [-0.4, -0.2) is 16.9 Å². The standard InChI is InChI=1S/C18H14Cl4N2O/c1-25-10-14-16(9-19)23-24(17-7-6-13(21)8-15(17)22)18(14)11-2-4-12(20)5-3-11/h2-8H,9-10H2,1H3. The number of rotatable bonds is 5. The van der Waals surface area contributed by atoms with Gasteiger partial charge in [-0.25, -0.2) is 4.68 Å². The van der Waals surface area contributed by atoms with Crippen LogP contribution in [0.5, 0.6) is 0 Å². The van der Waals surface area contributed by atoms with Crippen molar-refractivity contribution < 1.29 is 4.74 Å². The molecule has 0 aliphatic carbocycles. The van der Waals surface area contributed by atoms with E-state index in [1.54, 1.807) is 23.9 Å². The van der Waals surface area contributed by atoms with Crippen LogP contribution in [0.25, 0.3) is 16.9 Å². The minimum atomic E-state index is 0.261. The zero-order valence-corrected chi connectivity index (χ0v) is 16.3. The quantitative estimate of drug-likeness (QED) is 0.451. The molecule has 0 atom stereocenters. The second-order valence-corrected chi connectivity index (χ2v) is 6.90. The molecule has 3 rings (SSSR count). The molecule has 0 bridgehead atoms. The topological polar surface area (TPSA) is 27.1 Å². The maximum Gasteiger partial charge on any atom is 0.0840 e. The first-order chi connectivity index (χ1) is 12.0. The molecule has 0 saturated carbocycles. The van der Waals surface area contributed by atoms with Gasteiger partial charge >= 0.3 is 0 Å². The average Bonchev–Trinajstić information content (AvgIpc) is 2.94. The Morgan fingerprint density at radius 2 is 1.68 bits per heavy atom. The molecule has 1 heterocycles. The fraction of sp³-hybridized carbons (Fsp3) is 0.167. The van der Waals surface area contributed by atoms with Gasteiger partial charge in [0.1, 0.15) is 0 Å². The fourth-order valence-electron chi connectivity index (χ4n) is 2.63. The minimum Gasteiger partial charge on any atom is -0.380 e. The Morgan fingerprint density at radius 3 is 2.28 bits per heavy atom. The summed E-state index contributed by atoms with van der Waals surface area (Å²) in [7, 11) is 1.64. The highest BCUT2D eigenvalue weighted by Gasteiger charge is 2.21. The van der Waals surface area contributed by atoms with Gasteiger partial charge in [-0.1, -0.05) is 46.9 Å². The van der Waals surface area contributed by atoms with Gasteiger partial charge in [0, 0.05) is 28.3 Å². The van der Waals surface area contributed by atoms with Gasteiger partial charge in [-0.05, 0) is 30.3 Å². The molecule has 3 nitrogen and oxygen atoms in total. The van der Waals surface area contributed by atoms with E-state index in [-0.39, 0.29) is 5.88 Å². The molecule has 0 radical (unpaired) electrons. The van der Waals surface area contributed by atoms with Gasteiger partial charge in [-0.2, -0.15) is 5.10 Å². The molecule has 25 heavy (non-hydrogen) atoms. The number of benzene rings is 2. The summed E-state index contributed by atoms with van der Waals surface area (Å²) in [5.41, 5.74) is 4.15. The summed E-state index contributed by atoms with van der Waals surface area (Å²) in [5.74, 6) is 0.261. The number of methoxy groups -OCH3 is 1. The van der Waals surface area contributed by atoms with Gasteiger partial charge in [0.2, 0.25) is 0 Å². The first kappa shape index (κ1) is 18.6. The molecule has 0 saturated heterocycles. The number of halogens is 4. The van der Waals surface area contributed by atoms with Crippen LogP contribution in [-0.2, 0) is 17.2 Å². The molecule has 0 aliphatic heterocycles. The van der Waals surface area contributed by atoms with Crippen molar-refractivity contribution in [2.24, 2.45) is 0 Å². The van der Waals surface area contributed by atoms with E-state index in [2.05, 4.69) is 5.10 Å².